The van der Waals surface area contributed by atoms with E-state index in [2.05, 4.69) is 25.1 Å². The molecule has 2 aliphatic carbocycles. The van der Waals surface area contributed by atoms with Gasteiger partial charge in [-0.15, -0.1) is 0 Å². The van der Waals surface area contributed by atoms with Crippen LogP contribution in [0.3, 0.4) is 0 Å². The first-order chi connectivity index (χ1) is 16.1. The highest BCUT2D eigenvalue weighted by atomic mass is 16.6. The number of carbonyl (C=O) groups excluding carboxylic acids is 3. The lowest BCUT2D eigenvalue weighted by atomic mass is 9.78. The lowest BCUT2D eigenvalue weighted by Crippen LogP contribution is -2.43. The Hall–Kier alpha value is -2.63. The maximum absolute atomic E-state index is 12.9. The van der Waals surface area contributed by atoms with Crippen molar-refractivity contribution in [1.29, 1.82) is 0 Å². The molecule has 0 spiro atoms. The monoisotopic (exact) mass is 469 g/mol. The zero-order valence-electron chi connectivity index (χ0n) is 21.5. The summed E-state index contributed by atoms with van der Waals surface area (Å²) in [5.74, 6) is -0.0881. The Balaban J connectivity index is 1.96. The number of allylic oxidation sites excluding steroid dienone is 2. The molecule has 3 atom stereocenters. The molecule has 0 saturated carbocycles. The van der Waals surface area contributed by atoms with Crippen LogP contribution in [0, 0.1) is 5.92 Å². The number of hydrogen-bond donors (Lipinski definition) is 0. The Morgan fingerprint density at radius 1 is 1.24 bits per heavy atom. The number of methoxy groups -OCH3 is 1. The molecule has 0 radical (unpaired) electrons. The molecule has 0 unspecified atom stereocenters. The van der Waals surface area contributed by atoms with E-state index in [4.69, 9.17) is 9.47 Å². The first kappa shape index (κ1) is 26.0. The van der Waals surface area contributed by atoms with Crippen molar-refractivity contribution in [3.05, 3.63) is 40.5 Å². The van der Waals surface area contributed by atoms with Gasteiger partial charge in [0, 0.05) is 13.0 Å². The van der Waals surface area contributed by atoms with Crippen LogP contribution >= 0.6 is 0 Å². The molecule has 0 N–H and O–H groups in total. The van der Waals surface area contributed by atoms with E-state index in [-0.39, 0.29) is 24.9 Å². The quantitative estimate of drug-likeness (QED) is 0.364. The SMILES string of the molecule is COC(=O)CN(C[C@@H](C)[C@@H](CC=O)c1ccc2c3c1C(C)=CCC[C@H]3CC2)C(=O)OC(C)(C)C. The zero-order chi connectivity index (χ0) is 25.0. The summed E-state index contributed by atoms with van der Waals surface area (Å²) in [6, 6.07) is 4.42. The summed E-state index contributed by atoms with van der Waals surface area (Å²) >= 11 is 0. The van der Waals surface area contributed by atoms with Crippen molar-refractivity contribution in [1.82, 2.24) is 4.90 Å². The second-order valence-corrected chi connectivity index (χ2v) is 10.7. The highest BCUT2D eigenvalue weighted by molar-refractivity contribution is 5.78. The fourth-order valence-electron chi connectivity index (χ4n) is 5.47. The molecule has 0 saturated heterocycles. The largest absolute Gasteiger partial charge is 0.468 e. The Labute approximate surface area is 203 Å². The van der Waals surface area contributed by atoms with Crippen LogP contribution in [-0.4, -0.2) is 49.0 Å². The summed E-state index contributed by atoms with van der Waals surface area (Å²) in [5, 5.41) is 0. The average molecular weight is 470 g/mol. The molecule has 1 aromatic carbocycles. The van der Waals surface area contributed by atoms with E-state index in [1.54, 1.807) is 20.8 Å². The predicted octanol–water partition coefficient (Wildman–Crippen LogP) is 5.63. The van der Waals surface area contributed by atoms with E-state index in [0.29, 0.717) is 12.3 Å². The van der Waals surface area contributed by atoms with Crippen molar-refractivity contribution in [3.8, 4) is 0 Å². The number of nitrogens with zero attached hydrogens (tertiary/aromatic N) is 1. The predicted molar refractivity (Wildman–Crippen MR) is 133 cm³/mol. The number of ether oxygens (including phenoxy) is 2. The molecule has 0 bridgehead atoms. The Bertz CT molecular complexity index is 958. The minimum absolute atomic E-state index is 0.0763. The molecule has 1 amide bonds. The molecule has 0 heterocycles. The van der Waals surface area contributed by atoms with Crippen LogP contribution in [0.25, 0.3) is 5.57 Å². The van der Waals surface area contributed by atoms with Gasteiger partial charge in [-0.2, -0.15) is 0 Å². The fraction of sp³-hybridized carbons (Fsp3) is 0.607. The van der Waals surface area contributed by atoms with Gasteiger partial charge in [-0.3, -0.25) is 9.69 Å². The molecule has 2 aliphatic rings. The third-order valence-electron chi connectivity index (χ3n) is 7.04. The molecule has 0 aliphatic heterocycles. The number of aryl methyl sites for hydroxylation is 1. The summed E-state index contributed by atoms with van der Waals surface area (Å²) in [5.41, 5.74) is 5.95. The van der Waals surface area contributed by atoms with Crippen molar-refractivity contribution < 1.29 is 23.9 Å². The second kappa shape index (κ2) is 10.7. The molecule has 0 fully saturated rings. The summed E-state index contributed by atoms with van der Waals surface area (Å²) in [4.78, 5) is 38.2. The van der Waals surface area contributed by atoms with Crippen molar-refractivity contribution in [3.63, 3.8) is 0 Å². The number of esters is 1. The lowest BCUT2D eigenvalue weighted by Gasteiger charge is -2.32. The van der Waals surface area contributed by atoms with E-state index in [0.717, 1.165) is 19.1 Å². The van der Waals surface area contributed by atoms with E-state index in [9.17, 15) is 14.4 Å². The molecule has 6 nitrogen and oxygen atoms in total. The normalized spacial score (nSPS) is 18.8. The van der Waals surface area contributed by atoms with Gasteiger partial charge in [0.1, 0.15) is 18.4 Å². The van der Waals surface area contributed by atoms with Crippen molar-refractivity contribution in [2.24, 2.45) is 5.92 Å². The zero-order valence-corrected chi connectivity index (χ0v) is 21.5. The third-order valence-corrected chi connectivity index (χ3v) is 7.04. The van der Waals surface area contributed by atoms with Crippen LogP contribution in [-0.2, 0) is 25.5 Å². The van der Waals surface area contributed by atoms with E-state index in [1.165, 1.54) is 52.7 Å². The number of benzene rings is 1. The van der Waals surface area contributed by atoms with Crippen LogP contribution in [0.5, 0.6) is 0 Å². The van der Waals surface area contributed by atoms with Crippen molar-refractivity contribution in [2.45, 2.75) is 84.2 Å². The van der Waals surface area contributed by atoms with Crippen LogP contribution in [0.1, 0.15) is 94.4 Å². The molecule has 3 rings (SSSR count). The minimum Gasteiger partial charge on any atom is -0.468 e. The van der Waals surface area contributed by atoms with Crippen LogP contribution in [0.4, 0.5) is 4.79 Å². The van der Waals surface area contributed by atoms with Gasteiger partial charge >= 0.3 is 12.1 Å². The van der Waals surface area contributed by atoms with Crippen LogP contribution in [0.15, 0.2) is 18.2 Å². The highest BCUT2D eigenvalue weighted by Gasteiger charge is 2.34. The van der Waals surface area contributed by atoms with Gasteiger partial charge in [-0.05, 0) is 99.0 Å². The van der Waals surface area contributed by atoms with Gasteiger partial charge in [0.2, 0.25) is 0 Å². The maximum Gasteiger partial charge on any atom is 0.410 e. The van der Waals surface area contributed by atoms with Gasteiger partial charge in [0.05, 0.1) is 7.11 Å². The maximum atomic E-state index is 12.9. The number of aldehydes is 1. The highest BCUT2D eigenvalue weighted by Crippen LogP contribution is 2.47. The van der Waals surface area contributed by atoms with E-state index >= 15 is 0 Å². The van der Waals surface area contributed by atoms with E-state index in [1.807, 2.05) is 6.92 Å². The van der Waals surface area contributed by atoms with Gasteiger partial charge in [0.15, 0.2) is 0 Å². The Morgan fingerprint density at radius 3 is 2.62 bits per heavy atom. The standard InChI is InChI=1S/C28H39NO5/c1-18-8-7-9-20-10-11-21-12-13-23(25(18)26(20)21)22(14-15-30)19(2)16-29(17-24(31)33-6)27(32)34-28(3,4)5/h8,12-13,15,19-20,22H,7,9-11,14,16-17H2,1-6H3/t19-,20+,22-/m1/s1. The summed E-state index contributed by atoms with van der Waals surface area (Å²) < 4.78 is 10.4. The smallest absolute Gasteiger partial charge is 0.410 e. The van der Waals surface area contributed by atoms with Gasteiger partial charge in [0.25, 0.3) is 0 Å². The van der Waals surface area contributed by atoms with Crippen molar-refractivity contribution >= 4 is 23.9 Å². The van der Waals surface area contributed by atoms with Crippen molar-refractivity contribution in [2.75, 3.05) is 20.2 Å². The Morgan fingerprint density at radius 2 is 1.97 bits per heavy atom. The molecule has 6 heteroatoms. The van der Waals surface area contributed by atoms with Gasteiger partial charge < -0.3 is 14.3 Å². The number of hydrogen-bond acceptors (Lipinski definition) is 5. The van der Waals surface area contributed by atoms with Crippen LogP contribution in [0.2, 0.25) is 0 Å². The molecule has 0 aromatic heterocycles. The number of amides is 1. The number of rotatable bonds is 8. The molecule has 34 heavy (non-hydrogen) atoms. The summed E-state index contributed by atoms with van der Waals surface area (Å²) in [7, 11) is 1.30. The van der Waals surface area contributed by atoms with Crippen LogP contribution < -0.4 is 0 Å². The number of carbonyl (C=O) groups is 3. The molecule has 1 aromatic rings. The first-order valence-corrected chi connectivity index (χ1v) is 12.4. The summed E-state index contributed by atoms with van der Waals surface area (Å²) in [6.45, 7) is 9.69. The minimum atomic E-state index is -0.684. The topological polar surface area (TPSA) is 72.9 Å². The van der Waals surface area contributed by atoms with Gasteiger partial charge in [-0.25, -0.2) is 4.79 Å². The second-order valence-electron chi connectivity index (χ2n) is 10.7. The summed E-state index contributed by atoms with van der Waals surface area (Å²) in [6.07, 6.45) is 7.62. The molecular weight excluding hydrogens is 430 g/mol. The first-order valence-electron chi connectivity index (χ1n) is 12.4. The molecular formula is C28H39NO5. The average Bonchev–Trinajstić information content (AvgIpc) is 3.09. The van der Waals surface area contributed by atoms with E-state index < -0.39 is 17.7 Å². The lowest BCUT2D eigenvalue weighted by molar-refractivity contribution is -0.142. The van der Waals surface area contributed by atoms with Gasteiger partial charge in [-0.1, -0.05) is 25.1 Å². The molecule has 186 valence electrons. The Kier molecular flexibility index (Phi) is 8.21. The third kappa shape index (κ3) is 5.89. The fourth-order valence-corrected chi connectivity index (χ4v) is 5.47.